The van der Waals surface area contributed by atoms with Crippen molar-refractivity contribution in [3.05, 3.63) is 56.7 Å². The Morgan fingerprint density at radius 2 is 1.80 bits per heavy atom. The summed E-state index contributed by atoms with van der Waals surface area (Å²) in [5.41, 5.74) is 0.693. The maximum Gasteiger partial charge on any atom is 0.263 e. The summed E-state index contributed by atoms with van der Waals surface area (Å²) in [5.74, 6) is -0.618. The summed E-state index contributed by atoms with van der Waals surface area (Å²) in [6, 6.07) is 8.89. The van der Waals surface area contributed by atoms with E-state index in [0.29, 0.717) is 4.47 Å². The van der Waals surface area contributed by atoms with E-state index in [1.807, 2.05) is 0 Å². The average molecular weight is 423 g/mol. The number of sulfonamides is 1. The maximum absolute atomic E-state index is 13.6. The van der Waals surface area contributed by atoms with Crippen LogP contribution in [0.4, 0.5) is 10.1 Å². The summed E-state index contributed by atoms with van der Waals surface area (Å²) in [6.45, 7) is 1.76. The van der Waals surface area contributed by atoms with Crippen molar-refractivity contribution in [1.29, 1.82) is 0 Å². The Labute approximate surface area is 133 Å². The number of anilines is 1. The normalized spacial score (nSPS) is 11.4. The molecule has 20 heavy (non-hydrogen) atoms. The third-order valence-corrected chi connectivity index (χ3v) is 5.39. The van der Waals surface area contributed by atoms with Crippen molar-refractivity contribution in [2.75, 3.05) is 4.72 Å². The van der Waals surface area contributed by atoms with Gasteiger partial charge in [0.25, 0.3) is 10.0 Å². The fraction of sp³-hybridized carbons (Fsp3) is 0.0769. The lowest BCUT2D eigenvalue weighted by atomic mass is 10.2. The summed E-state index contributed by atoms with van der Waals surface area (Å²) in [6.07, 6.45) is 0. The number of aryl methyl sites for hydroxylation is 1. The molecule has 0 saturated carbocycles. The molecule has 0 atom stereocenters. The fourth-order valence-electron chi connectivity index (χ4n) is 1.61. The first-order valence-electron chi connectivity index (χ1n) is 5.53. The van der Waals surface area contributed by atoms with E-state index in [9.17, 15) is 12.8 Å². The molecule has 2 rings (SSSR count). The van der Waals surface area contributed by atoms with E-state index >= 15 is 0 Å². The van der Waals surface area contributed by atoms with Crippen LogP contribution in [-0.4, -0.2) is 8.42 Å². The first-order chi connectivity index (χ1) is 9.29. The molecule has 106 valence electrons. The molecular formula is C13H10Br2FNO2S. The molecule has 0 unspecified atom stereocenters. The van der Waals surface area contributed by atoms with Crippen molar-refractivity contribution in [2.45, 2.75) is 11.8 Å². The topological polar surface area (TPSA) is 46.2 Å². The van der Waals surface area contributed by atoms with Gasteiger partial charge in [-0.3, -0.25) is 4.72 Å². The monoisotopic (exact) mass is 421 g/mol. The fourth-order valence-corrected chi connectivity index (χ4v) is 4.42. The second-order valence-electron chi connectivity index (χ2n) is 4.16. The van der Waals surface area contributed by atoms with Gasteiger partial charge in [0, 0.05) is 8.95 Å². The van der Waals surface area contributed by atoms with Crippen LogP contribution in [0.5, 0.6) is 0 Å². The number of rotatable bonds is 3. The van der Waals surface area contributed by atoms with Crippen molar-refractivity contribution < 1.29 is 12.8 Å². The van der Waals surface area contributed by atoms with E-state index in [4.69, 9.17) is 0 Å². The molecule has 0 aromatic heterocycles. The van der Waals surface area contributed by atoms with E-state index in [0.717, 1.165) is 10.0 Å². The van der Waals surface area contributed by atoms with Gasteiger partial charge in [-0.05, 0) is 58.7 Å². The van der Waals surface area contributed by atoms with Crippen molar-refractivity contribution in [3.63, 3.8) is 0 Å². The molecule has 7 heteroatoms. The van der Waals surface area contributed by atoms with E-state index < -0.39 is 15.8 Å². The van der Waals surface area contributed by atoms with Crippen LogP contribution in [0.25, 0.3) is 0 Å². The van der Waals surface area contributed by atoms with Crippen LogP contribution in [0.1, 0.15) is 5.56 Å². The minimum absolute atomic E-state index is 0.0432. The predicted molar refractivity (Wildman–Crippen MR) is 83.8 cm³/mol. The molecule has 0 saturated heterocycles. The van der Waals surface area contributed by atoms with Gasteiger partial charge in [0.1, 0.15) is 10.7 Å². The highest BCUT2D eigenvalue weighted by Crippen LogP contribution is 2.28. The first-order valence-corrected chi connectivity index (χ1v) is 8.60. The number of halogens is 3. The first kappa shape index (κ1) is 15.5. The van der Waals surface area contributed by atoms with Gasteiger partial charge < -0.3 is 0 Å². The van der Waals surface area contributed by atoms with Crippen LogP contribution < -0.4 is 4.72 Å². The molecule has 0 spiro atoms. The zero-order valence-electron chi connectivity index (χ0n) is 10.3. The lowest BCUT2D eigenvalue weighted by molar-refractivity contribution is 0.598. The Hall–Kier alpha value is -0.920. The second-order valence-corrected chi connectivity index (χ2v) is 7.58. The van der Waals surface area contributed by atoms with Crippen LogP contribution in [-0.2, 0) is 10.0 Å². The van der Waals surface area contributed by atoms with Gasteiger partial charge in [-0.15, -0.1) is 0 Å². The quantitative estimate of drug-likeness (QED) is 0.793. The highest BCUT2D eigenvalue weighted by molar-refractivity contribution is 9.11. The minimum Gasteiger partial charge on any atom is -0.277 e. The van der Waals surface area contributed by atoms with Gasteiger partial charge in [0.2, 0.25) is 0 Å². The third kappa shape index (κ3) is 3.39. The molecule has 0 aliphatic carbocycles. The van der Waals surface area contributed by atoms with Crippen LogP contribution in [0.15, 0.2) is 50.2 Å². The van der Waals surface area contributed by atoms with Gasteiger partial charge in [0.15, 0.2) is 0 Å². The Bertz CT molecular complexity index is 763. The highest BCUT2D eigenvalue weighted by atomic mass is 79.9. The van der Waals surface area contributed by atoms with E-state index in [2.05, 4.69) is 36.6 Å². The van der Waals surface area contributed by atoms with Gasteiger partial charge in [-0.2, -0.15) is 0 Å². The number of hydrogen-bond donors (Lipinski definition) is 1. The van der Waals surface area contributed by atoms with Gasteiger partial charge in [0.05, 0.1) is 5.69 Å². The van der Waals surface area contributed by atoms with Crippen LogP contribution in [0.3, 0.4) is 0 Å². The predicted octanol–water partition coefficient (Wildman–Crippen LogP) is 4.46. The lowest BCUT2D eigenvalue weighted by Gasteiger charge is -2.11. The lowest BCUT2D eigenvalue weighted by Crippen LogP contribution is -2.14. The Morgan fingerprint density at radius 3 is 2.45 bits per heavy atom. The Kier molecular flexibility index (Phi) is 4.51. The average Bonchev–Trinajstić information content (AvgIpc) is 2.33. The molecular weight excluding hydrogens is 413 g/mol. The summed E-state index contributed by atoms with van der Waals surface area (Å²) in [5, 5.41) is 0. The molecule has 0 fully saturated rings. The molecule has 1 N–H and O–H groups in total. The molecule has 0 amide bonds. The molecule has 2 aromatic rings. The van der Waals surface area contributed by atoms with Crippen LogP contribution in [0.2, 0.25) is 0 Å². The van der Waals surface area contributed by atoms with Gasteiger partial charge in [-0.25, -0.2) is 12.8 Å². The molecule has 2 aromatic carbocycles. The van der Waals surface area contributed by atoms with Crippen LogP contribution >= 0.6 is 31.9 Å². The van der Waals surface area contributed by atoms with Crippen molar-refractivity contribution >= 4 is 47.6 Å². The van der Waals surface area contributed by atoms with Crippen molar-refractivity contribution in [2.24, 2.45) is 0 Å². The van der Waals surface area contributed by atoms with Gasteiger partial charge in [-0.1, -0.05) is 22.0 Å². The molecule has 0 aliphatic rings. The summed E-state index contributed by atoms with van der Waals surface area (Å²) >= 11 is 6.43. The summed E-state index contributed by atoms with van der Waals surface area (Å²) in [7, 11) is -3.86. The molecule has 0 bridgehead atoms. The largest absolute Gasteiger partial charge is 0.277 e. The van der Waals surface area contributed by atoms with E-state index in [1.54, 1.807) is 25.1 Å². The Morgan fingerprint density at radius 1 is 1.10 bits per heavy atom. The highest BCUT2D eigenvalue weighted by Gasteiger charge is 2.19. The maximum atomic E-state index is 13.6. The molecule has 0 radical (unpaired) electrons. The van der Waals surface area contributed by atoms with Gasteiger partial charge >= 0.3 is 0 Å². The summed E-state index contributed by atoms with van der Waals surface area (Å²) < 4.78 is 41.6. The number of hydrogen-bond acceptors (Lipinski definition) is 2. The van der Waals surface area contributed by atoms with Crippen molar-refractivity contribution in [3.8, 4) is 0 Å². The van der Waals surface area contributed by atoms with Crippen molar-refractivity contribution in [1.82, 2.24) is 0 Å². The zero-order valence-corrected chi connectivity index (χ0v) is 14.3. The smallest absolute Gasteiger partial charge is 0.263 e. The Balaban J connectivity index is 2.43. The molecule has 0 heterocycles. The molecule has 0 aliphatic heterocycles. The SMILES string of the molecule is Cc1ccc(F)c(NS(=O)(=O)c2ccc(Br)cc2Br)c1. The number of benzene rings is 2. The molecule has 3 nitrogen and oxygen atoms in total. The summed E-state index contributed by atoms with van der Waals surface area (Å²) in [4.78, 5) is 0.0432. The zero-order chi connectivity index (χ0) is 14.9. The van der Waals surface area contributed by atoms with E-state index in [-0.39, 0.29) is 10.6 Å². The van der Waals surface area contributed by atoms with Crippen LogP contribution in [0, 0.1) is 12.7 Å². The minimum atomic E-state index is -3.86. The standard InChI is InChI=1S/C13H10Br2FNO2S/c1-8-2-4-11(16)12(6-8)17-20(18,19)13-5-3-9(14)7-10(13)15/h2-7,17H,1H3. The number of nitrogens with one attached hydrogen (secondary N) is 1. The van der Waals surface area contributed by atoms with E-state index in [1.165, 1.54) is 18.2 Å². The second kappa shape index (κ2) is 5.83. The third-order valence-electron chi connectivity index (χ3n) is 2.55.